The zero-order valence-corrected chi connectivity index (χ0v) is 12.0. The van der Waals surface area contributed by atoms with Gasteiger partial charge in [-0.25, -0.2) is 0 Å². The Hall–Kier alpha value is -2.21. The van der Waals surface area contributed by atoms with Gasteiger partial charge in [-0.1, -0.05) is 12.1 Å². The molecule has 0 amide bonds. The Labute approximate surface area is 126 Å². The lowest BCUT2D eigenvalue weighted by Gasteiger charge is -2.41. The number of phenolic OH excluding ortho intramolecular Hbond substituents is 1. The van der Waals surface area contributed by atoms with E-state index in [1.807, 2.05) is 0 Å². The largest absolute Gasteiger partial charge is 0.507 e. The number of ketones is 2. The maximum Gasteiger partial charge on any atom is 0.305 e. The van der Waals surface area contributed by atoms with Gasteiger partial charge in [-0.3, -0.25) is 14.4 Å². The van der Waals surface area contributed by atoms with Gasteiger partial charge in [-0.2, -0.15) is 0 Å². The second kappa shape index (κ2) is 5.21. The molecule has 6 heteroatoms. The van der Waals surface area contributed by atoms with Crippen molar-refractivity contribution >= 4 is 17.5 Å². The standard InChI is InChI=1S/C16H16O6/c1-7-13-10(5-8(22-7)6-12(18)19)15(20)9-3-2-4-11(17)14(9)16(13)21/h2-4,7-8,10,13,17H,5-6H2,1H3,(H,18,19)/t7-,8+,10?,13?/m1/s1. The van der Waals surface area contributed by atoms with E-state index in [2.05, 4.69) is 0 Å². The molecular weight excluding hydrogens is 288 g/mol. The predicted molar refractivity (Wildman–Crippen MR) is 75.0 cm³/mol. The molecule has 1 fully saturated rings. The van der Waals surface area contributed by atoms with Crippen molar-refractivity contribution in [2.75, 3.05) is 0 Å². The van der Waals surface area contributed by atoms with E-state index < -0.39 is 30.0 Å². The molecule has 0 aromatic heterocycles. The Morgan fingerprint density at radius 3 is 2.73 bits per heavy atom. The zero-order chi connectivity index (χ0) is 16.0. The Bertz CT molecular complexity index is 665. The van der Waals surface area contributed by atoms with Crippen LogP contribution in [-0.2, 0) is 9.53 Å². The Balaban J connectivity index is 2.01. The number of rotatable bonds is 2. The van der Waals surface area contributed by atoms with Crippen LogP contribution in [0.25, 0.3) is 0 Å². The number of fused-ring (bicyclic) bond motifs is 2. The van der Waals surface area contributed by atoms with Crippen LogP contribution in [0.4, 0.5) is 0 Å². The molecule has 3 rings (SSSR count). The molecule has 1 aromatic rings. The highest BCUT2D eigenvalue weighted by atomic mass is 16.5. The normalized spacial score (nSPS) is 30.6. The van der Waals surface area contributed by atoms with Gasteiger partial charge in [0.15, 0.2) is 11.6 Å². The van der Waals surface area contributed by atoms with Crippen molar-refractivity contribution in [3.05, 3.63) is 29.3 Å². The lowest BCUT2D eigenvalue weighted by molar-refractivity contribution is -0.145. The van der Waals surface area contributed by atoms with Crippen molar-refractivity contribution in [3.63, 3.8) is 0 Å². The van der Waals surface area contributed by atoms with Crippen LogP contribution >= 0.6 is 0 Å². The van der Waals surface area contributed by atoms with Crippen molar-refractivity contribution in [1.29, 1.82) is 0 Å². The first-order valence-electron chi connectivity index (χ1n) is 7.17. The zero-order valence-electron chi connectivity index (χ0n) is 12.0. The van der Waals surface area contributed by atoms with Crippen LogP contribution in [0.2, 0.25) is 0 Å². The summed E-state index contributed by atoms with van der Waals surface area (Å²) < 4.78 is 5.60. The van der Waals surface area contributed by atoms with Crippen molar-refractivity contribution in [2.24, 2.45) is 11.8 Å². The summed E-state index contributed by atoms with van der Waals surface area (Å²) in [6, 6.07) is 4.43. The number of hydrogen-bond acceptors (Lipinski definition) is 5. The minimum atomic E-state index is -0.997. The summed E-state index contributed by atoms with van der Waals surface area (Å²) in [6.07, 6.45) is -1.13. The molecule has 1 aromatic carbocycles. The van der Waals surface area contributed by atoms with Gasteiger partial charge in [0.05, 0.1) is 30.1 Å². The second-order valence-corrected chi connectivity index (χ2v) is 5.86. The lowest BCUT2D eigenvalue weighted by atomic mass is 9.68. The van der Waals surface area contributed by atoms with E-state index in [4.69, 9.17) is 9.84 Å². The van der Waals surface area contributed by atoms with E-state index in [-0.39, 0.29) is 41.3 Å². The number of hydrogen-bond donors (Lipinski definition) is 2. The first kappa shape index (κ1) is 14.7. The first-order valence-corrected chi connectivity index (χ1v) is 7.17. The fourth-order valence-corrected chi connectivity index (χ4v) is 3.56. The molecule has 2 N–H and O–H groups in total. The Morgan fingerprint density at radius 1 is 1.32 bits per heavy atom. The fourth-order valence-electron chi connectivity index (χ4n) is 3.56. The molecule has 1 aliphatic carbocycles. The molecule has 1 saturated heterocycles. The van der Waals surface area contributed by atoms with Gasteiger partial charge < -0.3 is 14.9 Å². The van der Waals surface area contributed by atoms with Crippen LogP contribution in [0.15, 0.2) is 18.2 Å². The molecule has 0 radical (unpaired) electrons. The van der Waals surface area contributed by atoms with Crippen molar-refractivity contribution < 1.29 is 29.3 Å². The lowest BCUT2D eigenvalue weighted by Crippen LogP contribution is -2.50. The van der Waals surface area contributed by atoms with Gasteiger partial charge in [0.25, 0.3) is 0 Å². The third-order valence-corrected chi connectivity index (χ3v) is 4.46. The third-order valence-electron chi connectivity index (χ3n) is 4.46. The van der Waals surface area contributed by atoms with Crippen LogP contribution in [0, 0.1) is 11.8 Å². The van der Waals surface area contributed by atoms with Crippen LogP contribution < -0.4 is 0 Å². The minimum absolute atomic E-state index is 0.0564. The van der Waals surface area contributed by atoms with Crippen molar-refractivity contribution in [1.82, 2.24) is 0 Å². The van der Waals surface area contributed by atoms with E-state index >= 15 is 0 Å². The molecule has 6 nitrogen and oxygen atoms in total. The van der Waals surface area contributed by atoms with Crippen molar-refractivity contribution in [3.8, 4) is 5.75 Å². The number of phenols is 1. The van der Waals surface area contributed by atoms with Gasteiger partial charge in [0.1, 0.15) is 5.75 Å². The van der Waals surface area contributed by atoms with Crippen LogP contribution in [-0.4, -0.2) is 40.0 Å². The summed E-state index contributed by atoms with van der Waals surface area (Å²) >= 11 is 0. The summed E-state index contributed by atoms with van der Waals surface area (Å²) in [5, 5.41) is 18.8. The third kappa shape index (κ3) is 2.20. The number of aromatic hydroxyl groups is 1. The molecule has 2 unspecified atom stereocenters. The molecule has 2 aliphatic rings. The molecular formula is C16H16O6. The fraction of sp³-hybridized carbons (Fsp3) is 0.438. The van der Waals surface area contributed by atoms with Gasteiger partial charge in [0.2, 0.25) is 0 Å². The monoisotopic (exact) mass is 304 g/mol. The maximum atomic E-state index is 12.7. The van der Waals surface area contributed by atoms with E-state index in [1.54, 1.807) is 6.92 Å². The predicted octanol–water partition coefficient (Wildman–Crippen LogP) is 1.66. The van der Waals surface area contributed by atoms with Gasteiger partial charge in [-0.05, 0) is 19.4 Å². The summed E-state index contributed by atoms with van der Waals surface area (Å²) in [5.74, 6) is -2.98. The summed E-state index contributed by atoms with van der Waals surface area (Å²) in [6.45, 7) is 1.67. The summed E-state index contributed by atoms with van der Waals surface area (Å²) in [7, 11) is 0. The number of carboxylic acids is 1. The molecule has 1 aliphatic heterocycles. The average Bonchev–Trinajstić information content (AvgIpc) is 2.43. The number of carbonyl (C=O) groups is 3. The van der Waals surface area contributed by atoms with Crippen LogP contribution in [0.1, 0.15) is 40.5 Å². The quantitative estimate of drug-likeness (QED) is 0.861. The SMILES string of the molecule is C[C@H]1O[C@H](CC(=O)O)CC2C(=O)c3cccc(O)c3C(=O)C21. The molecule has 0 bridgehead atoms. The molecule has 0 spiro atoms. The molecule has 0 saturated carbocycles. The molecule has 22 heavy (non-hydrogen) atoms. The molecule has 4 atom stereocenters. The van der Waals surface area contributed by atoms with E-state index in [9.17, 15) is 19.5 Å². The number of benzene rings is 1. The highest BCUT2D eigenvalue weighted by Gasteiger charge is 2.49. The van der Waals surface area contributed by atoms with E-state index in [1.165, 1.54) is 18.2 Å². The number of carboxylic acid groups (broad SMARTS) is 1. The minimum Gasteiger partial charge on any atom is -0.507 e. The first-order chi connectivity index (χ1) is 10.4. The average molecular weight is 304 g/mol. The topological polar surface area (TPSA) is 101 Å². The van der Waals surface area contributed by atoms with E-state index in [0.717, 1.165) is 0 Å². The maximum absolute atomic E-state index is 12.7. The number of ether oxygens (including phenoxy) is 1. The Kier molecular flexibility index (Phi) is 3.48. The Morgan fingerprint density at radius 2 is 2.05 bits per heavy atom. The van der Waals surface area contributed by atoms with E-state index in [0.29, 0.717) is 0 Å². The number of Topliss-reactive ketones (excluding diaryl/α,β-unsaturated/α-hetero) is 2. The highest BCUT2D eigenvalue weighted by molar-refractivity contribution is 6.17. The van der Waals surface area contributed by atoms with Gasteiger partial charge in [0, 0.05) is 11.5 Å². The smallest absolute Gasteiger partial charge is 0.305 e. The summed E-state index contributed by atoms with van der Waals surface area (Å²) in [4.78, 5) is 36.2. The van der Waals surface area contributed by atoms with Crippen LogP contribution in [0.5, 0.6) is 5.75 Å². The number of aliphatic carboxylic acids is 1. The summed E-state index contributed by atoms with van der Waals surface area (Å²) in [5.41, 5.74) is 0.273. The van der Waals surface area contributed by atoms with Gasteiger partial charge >= 0.3 is 5.97 Å². The van der Waals surface area contributed by atoms with Crippen molar-refractivity contribution in [2.45, 2.75) is 32.0 Å². The number of carbonyl (C=O) groups excluding carboxylic acids is 2. The molecule has 1 heterocycles. The van der Waals surface area contributed by atoms with Gasteiger partial charge in [-0.15, -0.1) is 0 Å². The molecule has 116 valence electrons. The van der Waals surface area contributed by atoms with Crippen LogP contribution in [0.3, 0.4) is 0 Å². The second-order valence-electron chi connectivity index (χ2n) is 5.86. The highest BCUT2D eigenvalue weighted by Crippen LogP contribution is 2.42.